The molecule has 3 nitrogen and oxygen atoms in total. The molecule has 0 aliphatic rings. The highest BCUT2D eigenvalue weighted by molar-refractivity contribution is 6.05. The van der Waals surface area contributed by atoms with Crippen molar-refractivity contribution in [2.75, 3.05) is 14.2 Å². The van der Waals surface area contributed by atoms with Crippen LogP contribution in [0, 0.1) is 0 Å². The predicted molar refractivity (Wildman–Crippen MR) is 102 cm³/mol. The maximum absolute atomic E-state index is 5.55. The number of fused-ring (bicyclic) bond motifs is 1. The lowest BCUT2D eigenvalue weighted by molar-refractivity contribution is 0.415. The van der Waals surface area contributed by atoms with Crippen LogP contribution in [0.25, 0.3) is 33.3 Å². The molecule has 0 amide bonds. The molecular formula is C22H19NO2. The average molecular weight is 329 g/mol. The van der Waals surface area contributed by atoms with Crippen LogP contribution in [0.5, 0.6) is 11.5 Å². The van der Waals surface area contributed by atoms with Crippen molar-refractivity contribution in [2.45, 2.75) is 0 Å². The van der Waals surface area contributed by atoms with E-state index >= 15 is 0 Å². The summed E-state index contributed by atoms with van der Waals surface area (Å²) in [6, 6.07) is 24.7. The molecule has 0 aliphatic heterocycles. The van der Waals surface area contributed by atoms with Crippen molar-refractivity contribution in [3.63, 3.8) is 0 Å². The minimum atomic E-state index is 0.842. The summed E-state index contributed by atoms with van der Waals surface area (Å²) in [5.74, 6) is 1.69. The first-order valence-corrected chi connectivity index (χ1v) is 8.20. The Balaban J connectivity index is 2.02. The summed E-state index contributed by atoms with van der Waals surface area (Å²) in [4.78, 5) is 3.57. The van der Waals surface area contributed by atoms with Gasteiger partial charge in [0.25, 0.3) is 0 Å². The minimum absolute atomic E-state index is 0.842. The van der Waals surface area contributed by atoms with E-state index in [1.54, 1.807) is 14.2 Å². The van der Waals surface area contributed by atoms with Crippen LogP contribution in [0.15, 0.2) is 72.8 Å². The Morgan fingerprint density at radius 2 is 1.44 bits per heavy atom. The van der Waals surface area contributed by atoms with Crippen LogP contribution >= 0.6 is 0 Å². The second-order valence-electron chi connectivity index (χ2n) is 5.85. The van der Waals surface area contributed by atoms with Gasteiger partial charge in [0.1, 0.15) is 11.5 Å². The second-order valence-corrected chi connectivity index (χ2v) is 5.85. The van der Waals surface area contributed by atoms with E-state index in [2.05, 4.69) is 47.4 Å². The van der Waals surface area contributed by atoms with Crippen molar-refractivity contribution in [3.05, 3.63) is 72.8 Å². The summed E-state index contributed by atoms with van der Waals surface area (Å²) >= 11 is 0. The Kier molecular flexibility index (Phi) is 3.90. The number of ether oxygens (including phenoxy) is 2. The smallest absolute Gasteiger partial charge is 0.142 e. The number of nitrogens with one attached hydrogen (secondary N) is 1. The third-order valence-corrected chi connectivity index (χ3v) is 4.46. The van der Waals surface area contributed by atoms with Crippen LogP contribution in [0.3, 0.4) is 0 Å². The Morgan fingerprint density at radius 3 is 2.12 bits per heavy atom. The Labute approximate surface area is 146 Å². The van der Waals surface area contributed by atoms with Gasteiger partial charge in [-0.05, 0) is 41.5 Å². The lowest BCUT2D eigenvalue weighted by Crippen LogP contribution is -1.85. The average Bonchev–Trinajstić information content (AvgIpc) is 3.08. The summed E-state index contributed by atoms with van der Waals surface area (Å²) in [5, 5.41) is 1.15. The van der Waals surface area contributed by atoms with E-state index < -0.39 is 0 Å². The first-order chi connectivity index (χ1) is 12.3. The van der Waals surface area contributed by atoms with Gasteiger partial charge in [-0.2, -0.15) is 0 Å². The van der Waals surface area contributed by atoms with Crippen molar-refractivity contribution >= 4 is 10.9 Å². The van der Waals surface area contributed by atoms with E-state index in [-0.39, 0.29) is 0 Å². The van der Waals surface area contributed by atoms with Crippen molar-refractivity contribution in [3.8, 4) is 33.9 Å². The topological polar surface area (TPSA) is 34.2 Å². The summed E-state index contributed by atoms with van der Waals surface area (Å²) in [6.07, 6.45) is 0. The van der Waals surface area contributed by atoms with Crippen LogP contribution in [0.1, 0.15) is 0 Å². The maximum atomic E-state index is 5.55. The lowest BCUT2D eigenvalue weighted by atomic mass is 9.98. The number of H-pyrrole nitrogens is 1. The quantitative estimate of drug-likeness (QED) is 0.535. The molecule has 0 unspecified atom stereocenters. The van der Waals surface area contributed by atoms with Gasteiger partial charge in [0, 0.05) is 10.9 Å². The number of aromatic amines is 1. The summed E-state index contributed by atoms with van der Waals surface area (Å²) < 4.78 is 10.8. The van der Waals surface area contributed by atoms with Gasteiger partial charge in [-0.3, -0.25) is 0 Å². The number of aromatic nitrogens is 1. The molecule has 1 aromatic heterocycles. The van der Waals surface area contributed by atoms with Gasteiger partial charge in [0.2, 0.25) is 0 Å². The van der Waals surface area contributed by atoms with Crippen LogP contribution in [0.4, 0.5) is 0 Å². The molecule has 25 heavy (non-hydrogen) atoms. The van der Waals surface area contributed by atoms with E-state index in [0.717, 1.165) is 33.7 Å². The van der Waals surface area contributed by atoms with Crippen molar-refractivity contribution in [2.24, 2.45) is 0 Å². The van der Waals surface area contributed by atoms with Gasteiger partial charge in [0.05, 0.1) is 25.4 Å². The monoisotopic (exact) mass is 329 g/mol. The molecule has 4 aromatic rings. The molecule has 1 heterocycles. The van der Waals surface area contributed by atoms with Gasteiger partial charge < -0.3 is 14.5 Å². The highest BCUT2D eigenvalue weighted by atomic mass is 16.5. The number of hydrogen-bond acceptors (Lipinski definition) is 2. The van der Waals surface area contributed by atoms with Crippen molar-refractivity contribution < 1.29 is 9.47 Å². The molecule has 0 fully saturated rings. The fourth-order valence-corrected chi connectivity index (χ4v) is 3.24. The fourth-order valence-electron chi connectivity index (χ4n) is 3.24. The third-order valence-electron chi connectivity index (χ3n) is 4.46. The van der Waals surface area contributed by atoms with Crippen LogP contribution < -0.4 is 9.47 Å². The third kappa shape index (κ3) is 2.64. The van der Waals surface area contributed by atoms with E-state index in [9.17, 15) is 0 Å². The molecule has 0 saturated carbocycles. The normalized spacial score (nSPS) is 10.8. The van der Waals surface area contributed by atoms with Gasteiger partial charge in [-0.1, -0.05) is 42.5 Å². The van der Waals surface area contributed by atoms with Gasteiger partial charge in [-0.15, -0.1) is 0 Å². The number of rotatable bonds is 4. The molecule has 0 spiro atoms. The fraction of sp³-hybridized carbons (Fsp3) is 0.0909. The van der Waals surface area contributed by atoms with E-state index in [1.165, 1.54) is 11.1 Å². The number of para-hydroxylation sites is 1. The van der Waals surface area contributed by atoms with Crippen LogP contribution in [-0.2, 0) is 0 Å². The van der Waals surface area contributed by atoms with Crippen molar-refractivity contribution in [1.29, 1.82) is 0 Å². The Bertz CT molecular complexity index is 1000. The first-order valence-electron chi connectivity index (χ1n) is 8.20. The van der Waals surface area contributed by atoms with E-state index in [0.29, 0.717) is 0 Å². The molecule has 4 rings (SSSR count). The van der Waals surface area contributed by atoms with Gasteiger partial charge >= 0.3 is 0 Å². The van der Waals surface area contributed by atoms with Crippen LogP contribution in [-0.4, -0.2) is 19.2 Å². The number of hydrogen-bond donors (Lipinski definition) is 1. The SMILES string of the molecule is COc1ccc(-c2[nH]c3c(OC)cccc3c2-c2ccccc2)cc1. The summed E-state index contributed by atoms with van der Waals surface area (Å²) in [6.45, 7) is 0. The van der Waals surface area contributed by atoms with Gasteiger partial charge in [-0.25, -0.2) is 0 Å². The molecule has 3 aromatic carbocycles. The van der Waals surface area contributed by atoms with E-state index in [1.807, 2.05) is 30.3 Å². The highest BCUT2D eigenvalue weighted by Gasteiger charge is 2.17. The molecule has 0 atom stereocenters. The zero-order valence-corrected chi connectivity index (χ0v) is 14.2. The minimum Gasteiger partial charge on any atom is -0.497 e. The molecule has 1 N–H and O–H groups in total. The number of methoxy groups -OCH3 is 2. The van der Waals surface area contributed by atoms with Crippen molar-refractivity contribution in [1.82, 2.24) is 4.98 Å². The first kappa shape index (κ1) is 15.3. The second kappa shape index (κ2) is 6.36. The predicted octanol–water partition coefficient (Wildman–Crippen LogP) is 5.52. The number of benzene rings is 3. The van der Waals surface area contributed by atoms with Gasteiger partial charge in [0.15, 0.2) is 0 Å². The highest BCUT2D eigenvalue weighted by Crippen LogP contribution is 2.41. The van der Waals surface area contributed by atoms with Crippen LogP contribution in [0.2, 0.25) is 0 Å². The molecule has 0 bridgehead atoms. The summed E-state index contributed by atoms with van der Waals surface area (Å²) in [7, 11) is 3.38. The molecule has 0 radical (unpaired) electrons. The molecule has 124 valence electrons. The standard InChI is InChI=1S/C22H19NO2/c1-24-17-13-11-16(12-14-17)21-20(15-7-4-3-5-8-15)18-9-6-10-19(25-2)22(18)23-21/h3-14,23H,1-2H3. The Morgan fingerprint density at radius 1 is 0.680 bits per heavy atom. The zero-order valence-electron chi connectivity index (χ0n) is 14.2. The molecule has 0 saturated heterocycles. The maximum Gasteiger partial charge on any atom is 0.142 e. The largest absolute Gasteiger partial charge is 0.497 e. The van der Waals surface area contributed by atoms with E-state index in [4.69, 9.17) is 9.47 Å². The zero-order chi connectivity index (χ0) is 17.2. The molecule has 0 aliphatic carbocycles. The summed E-state index contributed by atoms with van der Waals surface area (Å²) in [5.41, 5.74) is 5.55. The Hall–Kier alpha value is -3.20. The molecule has 3 heteroatoms. The molecular weight excluding hydrogens is 310 g/mol. The lowest BCUT2D eigenvalue weighted by Gasteiger charge is -2.07.